The number of likely N-dealkylation sites (N-methyl/N-ethyl adjacent to an activating group) is 1. The Morgan fingerprint density at radius 2 is 2.25 bits per heavy atom. The highest BCUT2D eigenvalue weighted by atomic mass is 35.5. The maximum Gasteiger partial charge on any atom is 0.242 e. The number of rotatable bonds is 5. The Kier molecular flexibility index (Phi) is 6.55. The number of hydrogen-bond acceptors (Lipinski definition) is 6. The van der Waals surface area contributed by atoms with Gasteiger partial charge >= 0.3 is 0 Å². The molecule has 0 radical (unpaired) electrons. The number of nitrogens with one attached hydrogen (secondary N) is 3. The summed E-state index contributed by atoms with van der Waals surface area (Å²) in [7, 11) is 1.71. The van der Waals surface area contributed by atoms with Gasteiger partial charge in [0, 0.05) is 17.8 Å². The lowest BCUT2D eigenvalue weighted by molar-refractivity contribution is -0.125. The third-order valence-electron chi connectivity index (χ3n) is 3.40. The molecule has 2 rings (SSSR count). The fourth-order valence-electron chi connectivity index (χ4n) is 2.13. The smallest absolute Gasteiger partial charge is 0.242 e. The van der Waals surface area contributed by atoms with Crippen molar-refractivity contribution in [3.63, 3.8) is 0 Å². The van der Waals surface area contributed by atoms with E-state index in [1.54, 1.807) is 11.4 Å². The van der Waals surface area contributed by atoms with Crippen molar-refractivity contribution in [3.05, 3.63) is 29.0 Å². The number of aldehydes is 1. The molecular formula is C14H16ClFN4O3S. The van der Waals surface area contributed by atoms with Crippen molar-refractivity contribution in [1.29, 1.82) is 0 Å². The molecule has 1 saturated heterocycles. The minimum absolute atomic E-state index is 0.0809. The maximum absolute atomic E-state index is 13.2. The zero-order valence-corrected chi connectivity index (χ0v) is 14.3. The van der Waals surface area contributed by atoms with E-state index < -0.39 is 17.9 Å². The number of halogens is 2. The molecule has 2 unspecified atom stereocenters. The number of amides is 2. The Hall–Kier alpha value is -1.68. The zero-order valence-electron chi connectivity index (χ0n) is 12.7. The van der Waals surface area contributed by atoms with E-state index >= 15 is 0 Å². The maximum atomic E-state index is 13.2. The average Bonchev–Trinajstić information content (AvgIpc) is 2.56. The van der Waals surface area contributed by atoms with Crippen LogP contribution >= 0.6 is 23.7 Å². The van der Waals surface area contributed by atoms with Crippen LogP contribution in [0.25, 0.3) is 0 Å². The molecule has 7 nitrogen and oxygen atoms in total. The van der Waals surface area contributed by atoms with Crippen LogP contribution in [-0.4, -0.2) is 48.1 Å². The molecule has 2 atom stereocenters. The molecule has 0 bridgehead atoms. The highest BCUT2D eigenvalue weighted by molar-refractivity contribution is 7.95. The van der Waals surface area contributed by atoms with Crippen molar-refractivity contribution in [3.8, 4) is 0 Å². The van der Waals surface area contributed by atoms with Gasteiger partial charge in [-0.2, -0.15) is 0 Å². The number of carbonyl (C=O) groups is 3. The second-order valence-electron chi connectivity index (χ2n) is 5.09. The second-order valence-corrected chi connectivity index (χ2v) is 6.49. The normalized spacial score (nSPS) is 21.1. The van der Waals surface area contributed by atoms with Gasteiger partial charge in [-0.3, -0.25) is 9.59 Å². The highest BCUT2D eigenvalue weighted by Gasteiger charge is 2.35. The van der Waals surface area contributed by atoms with Gasteiger partial charge in [-0.15, -0.1) is 0 Å². The van der Waals surface area contributed by atoms with Gasteiger partial charge < -0.3 is 15.4 Å². The molecule has 0 spiro atoms. The third-order valence-corrected chi connectivity index (χ3v) is 4.62. The molecule has 0 aliphatic carbocycles. The molecule has 2 amide bonds. The average molecular weight is 375 g/mol. The first-order chi connectivity index (χ1) is 11.4. The van der Waals surface area contributed by atoms with E-state index in [9.17, 15) is 18.8 Å². The first kappa shape index (κ1) is 18.7. The van der Waals surface area contributed by atoms with Crippen molar-refractivity contribution < 1.29 is 18.8 Å². The summed E-state index contributed by atoms with van der Waals surface area (Å²) in [6, 6.07) is 2.68. The fraction of sp³-hybridized carbons (Fsp3) is 0.357. The van der Waals surface area contributed by atoms with Crippen molar-refractivity contribution >= 4 is 47.5 Å². The van der Waals surface area contributed by atoms with Gasteiger partial charge in [0.05, 0.1) is 17.6 Å². The molecule has 1 fully saturated rings. The summed E-state index contributed by atoms with van der Waals surface area (Å²) in [5.41, 5.74) is 0.366. The molecule has 10 heteroatoms. The monoisotopic (exact) mass is 374 g/mol. The Balaban J connectivity index is 2.02. The number of anilines is 1. The highest BCUT2D eigenvalue weighted by Crippen LogP contribution is 2.24. The van der Waals surface area contributed by atoms with Crippen LogP contribution in [0, 0.1) is 5.82 Å². The first-order valence-corrected chi connectivity index (χ1v) is 8.20. The first-order valence-electron chi connectivity index (χ1n) is 7.05. The van der Waals surface area contributed by atoms with Gasteiger partial charge in [-0.1, -0.05) is 11.6 Å². The molecular weight excluding hydrogens is 359 g/mol. The van der Waals surface area contributed by atoms with E-state index in [1.807, 2.05) is 0 Å². The van der Waals surface area contributed by atoms with Crippen LogP contribution in [0.3, 0.4) is 0 Å². The third kappa shape index (κ3) is 4.67. The van der Waals surface area contributed by atoms with Crippen molar-refractivity contribution in [2.24, 2.45) is 0 Å². The predicted molar refractivity (Wildman–Crippen MR) is 89.8 cm³/mol. The van der Waals surface area contributed by atoms with Crippen molar-refractivity contribution in [2.75, 3.05) is 18.9 Å². The molecule has 1 aliphatic heterocycles. The van der Waals surface area contributed by atoms with Crippen LogP contribution in [0.2, 0.25) is 5.02 Å². The van der Waals surface area contributed by atoms with E-state index in [0.717, 1.165) is 18.2 Å². The number of benzene rings is 1. The largest absolute Gasteiger partial charge is 0.348 e. The van der Waals surface area contributed by atoms with E-state index in [1.165, 1.54) is 12.1 Å². The number of carbonyl (C=O) groups excluding carboxylic acids is 3. The topological polar surface area (TPSA) is 90.5 Å². The van der Waals surface area contributed by atoms with Crippen LogP contribution < -0.4 is 15.4 Å². The summed E-state index contributed by atoms with van der Waals surface area (Å²) in [5.74, 6) is -1.27. The Morgan fingerprint density at radius 1 is 1.50 bits per heavy atom. The lowest BCUT2D eigenvalue weighted by Gasteiger charge is -2.34. The summed E-state index contributed by atoms with van der Waals surface area (Å²) in [6.45, 7) is -0.0809. The lowest BCUT2D eigenvalue weighted by atomic mass is 10.1. The van der Waals surface area contributed by atoms with Crippen LogP contribution in [0.1, 0.15) is 6.42 Å². The summed E-state index contributed by atoms with van der Waals surface area (Å²) in [4.78, 5) is 34.7. The molecule has 3 N–H and O–H groups in total. The van der Waals surface area contributed by atoms with Crippen LogP contribution in [0.5, 0.6) is 0 Å². The summed E-state index contributed by atoms with van der Waals surface area (Å²) in [6.07, 6.45) is 0.803. The van der Waals surface area contributed by atoms with Crippen LogP contribution in [0.4, 0.5) is 10.1 Å². The van der Waals surface area contributed by atoms with Gasteiger partial charge in [0.15, 0.2) is 0 Å². The molecule has 24 heavy (non-hydrogen) atoms. The van der Waals surface area contributed by atoms with E-state index in [0.29, 0.717) is 12.0 Å². The minimum Gasteiger partial charge on any atom is -0.348 e. The molecule has 1 aromatic carbocycles. The molecule has 0 aromatic heterocycles. The fourth-order valence-corrected chi connectivity index (χ4v) is 3.11. The van der Waals surface area contributed by atoms with Gasteiger partial charge in [0.25, 0.3) is 0 Å². The SMILES string of the molecule is CN1SNC(C(=O)NCC=O)CC1C(=O)Nc1ccc(F)c(Cl)c1. The van der Waals surface area contributed by atoms with Gasteiger partial charge in [0.1, 0.15) is 18.1 Å². The summed E-state index contributed by atoms with van der Waals surface area (Å²) in [5, 5.41) is 5.01. The van der Waals surface area contributed by atoms with Crippen LogP contribution in [0.15, 0.2) is 18.2 Å². The molecule has 1 aliphatic rings. The van der Waals surface area contributed by atoms with Gasteiger partial charge in [-0.05, 0) is 31.7 Å². The zero-order chi connectivity index (χ0) is 17.7. The summed E-state index contributed by atoms with van der Waals surface area (Å²) < 4.78 is 17.7. The van der Waals surface area contributed by atoms with E-state index in [4.69, 9.17) is 11.6 Å². The predicted octanol–water partition coefficient (Wildman–Crippen LogP) is 0.958. The molecule has 130 valence electrons. The Morgan fingerprint density at radius 3 is 2.92 bits per heavy atom. The standard InChI is InChI=1S/C14H16ClFN4O3S/c1-20-12(7-11(19-24-20)13(22)17-4-5-21)14(23)18-8-2-3-10(16)9(15)6-8/h2-3,5-6,11-12,19H,4,7H2,1H3,(H,17,22)(H,18,23). The van der Waals surface area contributed by atoms with Gasteiger partial charge in [0.2, 0.25) is 11.8 Å². The van der Waals surface area contributed by atoms with E-state index in [-0.39, 0.29) is 29.8 Å². The lowest BCUT2D eigenvalue weighted by Crippen LogP contribution is -2.54. The molecule has 0 saturated carbocycles. The van der Waals surface area contributed by atoms with Crippen LogP contribution in [-0.2, 0) is 14.4 Å². The second kappa shape index (κ2) is 8.43. The Bertz CT molecular complexity index is 648. The van der Waals surface area contributed by atoms with Crippen molar-refractivity contribution in [2.45, 2.75) is 18.5 Å². The summed E-state index contributed by atoms with van der Waals surface area (Å²) >= 11 is 6.82. The van der Waals surface area contributed by atoms with Gasteiger partial charge in [-0.25, -0.2) is 13.4 Å². The Labute approximate surface area is 147 Å². The quantitative estimate of drug-likeness (QED) is 0.525. The number of hydrogen-bond donors (Lipinski definition) is 3. The van der Waals surface area contributed by atoms with E-state index in [2.05, 4.69) is 15.4 Å². The molecule has 1 heterocycles. The molecule has 1 aromatic rings. The number of nitrogens with zero attached hydrogens (tertiary/aromatic N) is 1. The minimum atomic E-state index is -0.612. The van der Waals surface area contributed by atoms with Crippen molar-refractivity contribution in [1.82, 2.24) is 14.3 Å².